The van der Waals surface area contributed by atoms with E-state index in [1.807, 2.05) is 10.8 Å². The zero-order valence-electron chi connectivity index (χ0n) is 12.9. The van der Waals surface area contributed by atoms with E-state index in [9.17, 15) is 4.79 Å². The van der Waals surface area contributed by atoms with Gasteiger partial charge in [0.05, 0.1) is 18.3 Å². The first-order chi connectivity index (χ1) is 9.38. The van der Waals surface area contributed by atoms with Gasteiger partial charge < -0.3 is 15.2 Å². The lowest BCUT2D eigenvalue weighted by atomic mass is 9.85. The van der Waals surface area contributed by atoms with Gasteiger partial charge in [0.2, 0.25) is 5.91 Å². The second kappa shape index (κ2) is 5.95. The van der Waals surface area contributed by atoms with E-state index in [4.69, 9.17) is 0 Å². The van der Waals surface area contributed by atoms with Crippen LogP contribution in [0.3, 0.4) is 0 Å². The Morgan fingerprint density at radius 1 is 1.50 bits per heavy atom. The molecule has 0 spiro atoms. The number of carbonyl (C=O) groups is 1. The number of aromatic nitrogens is 2. The topological polar surface area (TPSA) is 59.0 Å². The van der Waals surface area contributed by atoms with Gasteiger partial charge in [-0.05, 0) is 17.9 Å². The molecular weight excluding hydrogens is 252 g/mol. The number of hydrogen-bond donors (Lipinski definition) is 2. The van der Waals surface area contributed by atoms with Crippen molar-refractivity contribution >= 4 is 5.91 Å². The predicted octanol–water partition coefficient (Wildman–Crippen LogP) is 1.27. The van der Waals surface area contributed by atoms with Crippen molar-refractivity contribution in [3.8, 4) is 0 Å². The summed E-state index contributed by atoms with van der Waals surface area (Å²) < 4.78 is 2.02. The molecule has 1 aromatic rings. The maximum Gasteiger partial charge on any atom is 0.225 e. The standard InChI is InChI=1S/C15H26N4O/c1-11-7-17-8-12(11)14(20)18-13(15(2,3)4)9-19-6-5-16-10-19/h5-6,10-13,17H,7-9H2,1-4H3,(H,18,20)/t11-,12-,13?/m1/s1. The largest absolute Gasteiger partial charge is 0.351 e. The number of hydrogen-bond acceptors (Lipinski definition) is 3. The minimum atomic E-state index is 0.00913. The Hall–Kier alpha value is -1.36. The van der Waals surface area contributed by atoms with Crippen LogP contribution in [0.25, 0.3) is 0 Å². The first kappa shape index (κ1) is 15.0. The number of rotatable bonds is 4. The fourth-order valence-electron chi connectivity index (χ4n) is 2.58. The lowest BCUT2D eigenvalue weighted by Gasteiger charge is -2.33. The third-order valence-corrected chi connectivity index (χ3v) is 4.17. The maximum absolute atomic E-state index is 12.5. The molecule has 2 heterocycles. The zero-order valence-corrected chi connectivity index (χ0v) is 12.9. The molecule has 0 aliphatic carbocycles. The molecule has 5 heteroatoms. The van der Waals surface area contributed by atoms with Crippen LogP contribution in [0.2, 0.25) is 0 Å². The molecule has 0 aromatic carbocycles. The van der Waals surface area contributed by atoms with Crippen molar-refractivity contribution in [3.05, 3.63) is 18.7 Å². The van der Waals surface area contributed by atoms with Crippen LogP contribution in [-0.2, 0) is 11.3 Å². The summed E-state index contributed by atoms with van der Waals surface area (Å²) in [5.74, 6) is 0.661. The number of amides is 1. The first-order valence-corrected chi connectivity index (χ1v) is 7.35. The second-order valence-corrected chi connectivity index (χ2v) is 6.93. The Morgan fingerprint density at radius 2 is 2.25 bits per heavy atom. The molecule has 0 radical (unpaired) electrons. The van der Waals surface area contributed by atoms with Crippen LogP contribution in [0.5, 0.6) is 0 Å². The zero-order chi connectivity index (χ0) is 14.8. The molecule has 2 N–H and O–H groups in total. The van der Waals surface area contributed by atoms with E-state index in [0.29, 0.717) is 5.92 Å². The number of nitrogens with one attached hydrogen (secondary N) is 2. The summed E-state index contributed by atoms with van der Waals surface area (Å²) >= 11 is 0. The van der Waals surface area contributed by atoms with Gasteiger partial charge in [-0.3, -0.25) is 4.79 Å². The molecular formula is C15H26N4O. The average molecular weight is 278 g/mol. The van der Waals surface area contributed by atoms with Crippen molar-refractivity contribution in [3.63, 3.8) is 0 Å². The highest BCUT2D eigenvalue weighted by molar-refractivity contribution is 5.80. The summed E-state index contributed by atoms with van der Waals surface area (Å²) in [5.41, 5.74) is 0.00913. The summed E-state index contributed by atoms with van der Waals surface area (Å²) in [7, 11) is 0. The third-order valence-electron chi connectivity index (χ3n) is 4.17. The highest BCUT2D eigenvalue weighted by Crippen LogP contribution is 2.23. The minimum absolute atomic E-state index is 0.00913. The lowest BCUT2D eigenvalue weighted by Crippen LogP contribution is -2.49. The van der Waals surface area contributed by atoms with Crippen molar-refractivity contribution in [2.75, 3.05) is 13.1 Å². The first-order valence-electron chi connectivity index (χ1n) is 7.35. The molecule has 1 amide bonds. The highest BCUT2D eigenvalue weighted by atomic mass is 16.2. The van der Waals surface area contributed by atoms with Gasteiger partial charge in [0.25, 0.3) is 0 Å². The van der Waals surface area contributed by atoms with Crippen molar-refractivity contribution < 1.29 is 4.79 Å². The smallest absolute Gasteiger partial charge is 0.225 e. The van der Waals surface area contributed by atoms with Crippen molar-refractivity contribution in [1.82, 2.24) is 20.2 Å². The summed E-state index contributed by atoms with van der Waals surface area (Å²) in [6.45, 7) is 11.1. The fraction of sp³-hybridized carbons (Fsp3) is 0.733. The van der Waals surface area contributed by atoms with E-state index in [-0.39, 0.29) is 23.3 Å². The monoisotopic (exact) mass is 278 g/mol. The molecule has 5 nitrogen and oxygen atoms in total. The molecule has 0 bridgehead atoms. The third kappa shape index (κ3) is 3.60. The van der Waals surface area contributed by atoms with Crippen LogP contribution in [-0.4, -0.2) is 34.6 Å². The van der Waals surface area contributed by atoms with Crippen LogP contribution in [0.1, 0.15) is 27.7 Å². The van der Waals surface area contributed by atoms with E-state index in [1.165, 1.54) is 0 Å². The molecule has 112 valence electrons. The lowest BCUT2D eigenvalue weighted by molar-refractivity contribution is -0.127. The van der Waals surface area contributed by atoms with Crippen LogP contribution in [0.4, 0.5) is 0 Å². The molecule has 1 saturated heterocycles. The van der Waals surface area contributed by atoms with E-state index in [2.05, 4.69) is 43.3 Å². The molecule has 1 aliphatic heterocycles. The SMILES string of the molecule is C[C@@H]1CNC[C@H]1C(=O)NC(Cn1ccnc1)C(C)(C)C. The number of nitrogens with zero attached hydrogens (tertiary/aromatic N) is 2. The van der Waals surface area contributed by atoms with E-state index in [0.717, 1.165) is 19.6 Å². The van der Waals surface area contributed by atoms with E-state index >= 15 is 0 Å². The second-order valence-electron chi connectivity index (χ2n) is 6.93. The molecule has 1 aromatic heterocycles. The van der Waals surface area contributed by atoms with Gasteiger partial charge in [0.1, 0.15) is 0 Å². The Kier molecular flexibility index (Phi) is 4.48. The molecule has 3 atom stereocenters. The van der Waals surface area contributed by atoms with Crippen LogP contribution in [0, 0.1) is 17.3 Å². The summed E-state index contributed by atoms with van der Waals surface area (Å²) in [6.07, 6.45) is 5.50. The van der Waals surface area contributed by atoms with Crippen molar-refractivity contribution in [2.24, 2.45) is 17.3 Å². The summed E-state index contributed by atoms with van der Waals surface area (Å²) in [6, 6.07) is 0.0944. The number of carbonyl (C=O) groups excluding carboxylic acids is 1. The van der Waals surface area contributed by atoms with Gasteiger partial charge in [-0.2, -0.15) is 0 Å². The molecule has 1 aliphatic rings. The summed E-state index contributed by atoms with van der Waals surface area (Å²) in [5, 5.41) is 6.52. The minimum Gasteiger partial charge on any atom is -0.351 e. The van der Waals surface area contributed by atoms with E-state index < -0.39 is 0 Å². The molecule has 1 unspecified atom stereocenters. The van der Waals surface area contributed by atoms with Crippen LogP contribution < -0.4 is 10.6 Å². The van der Waals surface area contributed by atoms with Gasteiger partial charge in [-0.1, -0.05) is 27.7 Å². The van der Waals surface area contributed by atoms with Crippen LogP contribution in [0.15, 0.2) is 18.7 Å². The maximum atomic E-state index is 12.5. The van der Waals surface area contributed by atoms with Gasteiger partial charge in [-0.25, -0.2) is 4.98 Å². The predicted molar refractivity (Wildman–Crippen MR) is 79.1 cm³/mol. The number of imidazole rings is 1. The highest BCUT2D eigenvalue weighted by Gasteiger charge is 2.33. The van der Waals surface area contributed by atoms with E-state index in [1.54, 1.807) is 12.5 Å². The Morgan fingerprint density at radius 3 is 2.75 bits per heavy atom. The Bertz CT molecular complexity index is 435. The Labute approximate surface area is 121 Å². The van der Waals surface area contributed by atoms with Gasteiger partial charge in [-0.15, -0.1) is 0 Å². The fourth-order valence-corrected chi connectivity index (χ4v) is 2.58. The quantitative estimate of drug-likeness (QED) is 0.872. The van der Waals surface area contributed by atoms with Gasteiger partial charge in [0.15, 0.2) is 0 Å². The Balaban J connectivity index is 2.02. The van der Waals surface area contributed by atoms with Gasteiger partial charge in [0, 0.05) is 25.5 Å². The van der Waals surface area contributed by atoms with Crippen molar-refractivity contribution in [1.29, 1.82) is 0 Å². The van der Waals surface area contributed by atoms with Gasteiger partial charge >= 0.3 is 0 Å². The molecule has 0 saturated carbocycles. The normalized spacial score (nSPS) is 24.6. The molecule has 1 fully saturated rings. The van der Waals surface area contributed by atoms with Crippen molar-refractivity contribution in [2.45, 2.75) is 40.3 Å². The average Bonchev–Trinajstić information content (AvgIpc) is 2.98. The van der Waals surface area contributed by atoms with Crippen LogP contribution >= 0.6 is 0 Å². The molecule has 20 heavy (non-hydrogen) atoms. The summed E-state index contributed by atoms with van der Waals surface area (Å²) in [4.78, 5) is 16.5. The molecule has 2 rings (SSSR count).